The molecule has 5 heterocycles. The highest BCUT2D eigenvalue weighted by atomic mass is 33.1. The van der Waals surface area contributed by atoms with E-state index in [0.717, 1.165) is 48.1 Å². The summed E-state index contributed by atoms with van der Waals surface area (Å²) in [5, 5.41) is 62.6. The molecule has 18 N–H and O–H groups in total. The molecular formula is C58H84N16O17S4. The number of nitrogens with zero attached hydrogens (tertiary/aromatic N) is 2. The molecule has 0 aliphatic carbocycles. The van der Waals surface area contributed by atoms with Gasteiger partial charge in [-0.2, -0.15) is 0 Å². The minimum atomic E-state index is -1.71. The minimum absolute atomic E-state index is 0.00288. The third-order valence-electron chi connectivity index (χ3n) is 15.5. The number of fused-ring (bicyclic) bond motifs is 6. The Hall–Kier alpha value is -7.87. The molecule has 4 saturated heterocycles. The van der Waals surface area contributed by atoms with Gasteiger partial charge in [-0.25, -0.2) is 9.78 Å². The van der Waals surface area contributed by atoms with Crippen LogP contribution in [0.2, 0.25) is 0 Å². The number of aromatic hydroxyl groups is 1. The molecule has 0 unspecified atom stereocenters. The van der Waals surface area contributed by atoms with Gasteiger partial charge < -0.3 is 94.7 Å². The van der Waals surface area contributed by atoms with Crippen LogP contribution in [0.25, 0.3) is 0 Å². The standard InChI is InChI=1S/C58H84N16O17S4/c1-28(2)17-35-51(83)70-39-24-93-92-23-38(49(81)62-21-44(78)65-36(18-30-8-10-32(75)11-9-30)52(84)66-33(50(82)67-35)7-5-6-15-59)69-54(86)40(71-55(87)46(29(3)4)73-45(79)22-61-48(80)34-12-13-43(77)64-34)25-94-95-26-41(58(90)91)72-56(88)47-42(76)14-16-74(47)57(89)37(68-53(39)85)19-31-20-60-27-63-31/h8-11,20,27-29,33-42,46-47,75-76H,5-7,12-19,21-26,59H2,1-4H3,(H,60,63)(H,61,80)(H,62,81)(H,64,77)(H,65,78)(H,66,84)(H,67,82)(H,68,85)(H,69,86)(H,70,83)(H,71,87)(H,72,88)(H,73,79)(H,90,91)/t33-,34-,35-,36-,37-,38-,39-,40-,41-,42-,46-,47-/m0/s1. The molecule has 12 atom stereocenters. The number of unbranched alkanes of at least 4 members (excludes halogenated alkanes) is 1. The molecule has 4 aliphatic rings. The Morgan fingerprint density at radius 3 is 1.97 bits per heavy atom. The Kier molecular flexibility index (Phi) is 30.0. The minimum Gasteiger partial charge on any atom is -0.508 e. The summed E-state index contributed by atoms with van der Waals surface area (Å²) in [7, 11) is 3.48. The fourth-order valence-corrected chi connectivity index (χ4v) is 15.0. The van der Waals surface area contributed by atoms with Crippen molar-refractivity contribution in [2.75, 3.05) is 49.2 Å². The number of carboxylic acid groups (broad SMARTS) is 1. The number of aromatic nitrogens is 2. The van der Waals surface area contributed by atoms with Crippen LogP contribution >= 0.6 is 43.2 Å². The summed E-state index contributed by atoms with van der Waals surface area (Å²) in [5.41, 5.74) is 6.59. The molecule has 4 aliphatic heterocycles. The number of carbonyl (C=O) groups is 14. The maximum atomic E-state index is 15.0. The van der Waals surface area contributed by atoms with Crippen LogP contribution in [0.4, 0.5) is 0 Å². The molecule has 2 aromatic rings. The summed E-state index contributed by atoms with van der Waals surface area (Å²) >= 11 is 0. The van der Waals surface area contributed by atoms with E-state index < -0.39 is 180 Å². The molecule has 2 bridgehead atoms. The van der Waals surface area contributed by atoms with E-state index in [2.05, 4.69) is 73.8 Å². The third-order valence-corrected chi connectivity index (χ3v) is 20.3. The number of aliphatic hydroxyl groups excluding tert-OH is 1. The number of aliphatic hydroxyl groups is 1. The van der Waals surface area contributed by atoms with Gasteiger partial charge >= 0.3 is 5.97 Å². The average molecular weight is 1410 g/mol. The van der Waals surface area contributed by atoms with E-state index in [1.165, 1.54) is 36.8 Å². The zero-order valence-corrected chi connectivity index (χ0v) is 56.0. The molecule has 13 amide bonds. The summed E-state index contributed by atoms with van der Waals surface area (Å²) in [5.74, 6) is -15.4. The zero-order chi connectivity index (χ0) is 69.5. The number of phenols is 1. The van der Waals surface area contributed by atoms with E-state index in [1.54, 1.807) is 27.7 Å². The Morgan fingerprint density at radius 1 is 0.684 bits per heavy atom. The first kappa shape index (κ1) is 76.2. The number of hydrogen-bond acceptors (Lipinski definition) is 22. The predicted octanol–water partition coefficient (Wildman–Crippen LogP) is -4.56. The topological polar surface area (TPSA) is 502 Å². The van der Waals surface area contributed by atoms with Crippen molar-refractivity contribution in [3.05, 3.63) is 48.0 Å². The zero-order valence-electron chi connectivity index (χ0n) is 52.7. The second kappa shape index (κ2) is 37.4. The smallest absolute Gasteiger partial charge is 0.327 e. The SMILES string of the molecule is CC(C)C[C@@H]1NC(=O)[C@H](CCCCN)NC(=O)[C@H](Cc2ccc(O)cc2)NC(=O)CNC(=O)[C@@H]2CSSC[C@H](NC1=O)C(=O)N[C@@H](Cc1cnc[nH]1)C(=O)N1CC[C@H](O)[C@H]1C(=O)N[C@H](C(=O)O)CSSC[C@H](NC(=O)[C@@H](NC(=O)CNC(=O)[C@@H]1CCC(=O)N1)C(C)C)C(=O)N2. The van der Waals surface area contributed by atoms with Gasteiger partial charge in [0.2, 0.25) is 76.8 Å². The number of carbonyl (C=O) groups excluding carboxylic acids is 13. The van der Waals surface area contributed by atoms with E-state index >= 15 is 0 Å². The number of phenolic OH excluding ortho intramolecular Hbond substituents is 1. The molecule has 1 aromatic heterocycles. The van der Waals surface area contributed by atoms with Crippen molar-refractivity contribution in [2.24, 2.45) is 17.6 Å². The monoisotopic (exact) mass is 1400 g/mol. The fraction of sp³-hybridized carbons (Fsp3) is 0.603. The van der Waals surface area contributed by atoms with Gasteiger partial charge in [-0.15, -0.1) is 0 Å². The van der Waals surface area contributed by atoms with Crippen LogP contribution in [0.15, 0.2) is 36.8 Å². The van der Waals surface area contributed by atoms with Crippen LogP contribution in [0.5, 0.6) is 5.75 Å². The number of nitrogens with two attached hydrogens (primary N) is 1. The Labute approximate surface area is 562 Å². The van der Waals surface area contributed by atoms with Crippen LogP contribution in [0.3, 0.4) is 0 Å². The highest BCUT2D eigenvalue weighted by Crippen LogP contribution is 2.27. The molecule has 95 heavy (non-hydrogen) atoms. The van der Waals surface area contributed by atoms with Gasteiger partial charge in [-0.1, -0.05) is 83.0 Å². The second-order valence-corrected chi connectivity index (χ2v) is 28.9. The Morgan fingerprint density at radius 2 is 1.33 bits per heavy atom. The molecule has 6 rings (SSSR count). The van der Waals surface area contributed by atoms with Crippen molar-refractivity contribution in [3.8, 4) is 5.75 Å². The Bertz CT molecular complexity index is 3080. The van der Waals surface area contributed by atoms with Crippen LogP contribution < -0.4 is 69.5 Å². The summed E-state index contributed by atoms with van der Waals surface area (Å²) in [6.07, 6.45) is 1.53. The van der Waals surface area contributed by atoms with Gasteiger partial charge in [0.15, 0.2) is 0 Å². The van der Waals surface area contributed by atoms with Crippen LogP contribution in [0, 0.1) is 11.8 Å². The number of benzene rings is 1. The number of hydrogen-bond donors (Lipinski definition) is 17. The summed E-state index contributed by atoms with van der Waals surface area (Å²) in [4.78, 5) is 204. The van der Waals surface area contributed by atoms with Crippen molar-refractivity contribution >= 4 is 126 Å². The molecule has 33 nitrogen and oxygen atoms in total. The first-order valence-electron chi connectivity index (χ1n) is 30.9. The van der Waals surface area contributed by atoms with Gasteiger partial charge in [0.1, 0.15) is 72.2 Å². The normalized spacial score (nSPS) is 26.4. The van der Waals surface area contributed by atoms with E-state index in [4.69, 9.17) is 5.73 Å². The van der Waals surface area contributed by atoms with E-state index in [-0.39, 0.29) is 87.1 Å². The third kappa shape index (κ3) is 23.8. The Balaban J connectivity index is 1.41. The molecule has 4 fully saturated rings. The van der Waals surface area contributed by atoms with Gasteiger partial charge in [-0.05, 0) is 74.6 Å². The first-order chi connectivity index (χ1) is 45.2. The highest BCUT2D eigenvalue weighted by molar-refractivity contribution is 8.77. The van der Waals surface area contributed by atoms with Crippen molar-refractivity contribution in [1.82, 2.24) is 78.7 Å². The van der Waals surface area contributed by atoms with E-state index in [9.17, 15) is 82.4 Å². The summed E-state index contributed by atoms with van der Waals surface area (Å²) in [6.45, 7) is 5.24. The van der Waals surface area contributed by atoms with Gasteiger partial charge in [0, 0.05) is 60.7 Å². The fourth-order valence-electron chi connectivity index (χ4n) is 10.4. The second-order valence-electron chi connectivity index (χ2n) is 23.8. The van der Waals surface area contributed by atoms with Crippen molar-refractivity contribution in [1.29, 1.82) is 0 Å². The lowest BCUT2D eigenvalue weighted by atomic mass is 10.0. The number of aromatic amines is 1. The van der Waals surface area contributed by atoms with Crippen molar-refractivity contribution in [2.45, 2.75) is 158 Å². The van der Waals surface area contributed by atoms with Crippen molar-refractivity contribution < 1.29 is 82.4 Å². The molecule has 522 valence electrons. The average Bonchev–Trinajstić information content (AvgIpc) is 1.73. The van der Waals surface area contributed by atoms with Crippen LogP contribution in [0.1, 0.15) is 83.9 Å². The maximum absolute atomic E-state index is 15.0. The number of imidazole rings is 1. The lowest BCUT2D eigenvalue weighted by molar-refractivity contribution is -0.146. The first-order valence-corrected chi connectivity index (χ1v) is 35.9. The largest absolute Gasteiger partial charge is 0.508 e. The van der Waals surface area contributed by atoms with Crippen LogP contribution in [-0.4, -0.2) is 235 Å². The molecular weight excluding hydrogens is 1320 g/mol. The number of aliphatic carboxylic acids is 1. The molecule has 1 aromatic carbocycles. The quantitative estimate of drug-likeness (QED) is 0.0494. The van der Waals surface area contributed by atoms with Crippen molar-refractivity contribution in [3.63, 3.8) is 0 Å². The molecule has 0 spiro atoms. The van der Waals surface area contributed by atoms with Crippen LogP contribution in [-0.2, 0) is 80.0 Å². The summed E-state index contributed by atoms with van der Waals surface area (Å²) in [6, 6.07) is -10.5. The number of rotatable bonds is 18. The number of amides is 13. The van der Waals surface area contributed by atoms with E-state index in [0.29, 0.717) is 24.1 Å². The number of H-pyrrole nitrogens is 1. The highest BCUT2D eigenvalue weighted by Gasteiger charge is 2.45. The number of nitrogens with one attached hydrogen (secondary N) is 13. The molecule has 0 radical (unpaired) electrons. The maximum Gasteiger partial charge on any atom is 0.327 e. The number of carboxylic acids is 1. The molecule has 37 heteroatoms. The lowest BCUT2D eigenvalue weighted by Gasteiger charge is -2.31. The van der Waals surface area contributed by atoms with Gasteiger partial charge in [-0.3, -0.25) is 62.3 Å². The summed E-state index contributed by atoms with van der Waals surface area (Å²) < 4.78 is 0. The van der Waals surface area contributed by atoms with Gasteiger partial charge in [0.25, 0.3) is 0 Å². The molecule has 0 saturated carbocycles. The lowest BCUT2D eigenvalue weighted by Crippen LogP contribution is -2.61. The van der Waals surface area contributed by atoms with Gasteiger partial charge in [0.05, 0.1) is 25.5 Å². The van der Waals surface area contributed by atoms with E-state index in [1.807, 2.05) is 0 Å². The predicted molar refractivity (Wildman–Crippen MR) is 349 cm³/mol.